The monoisotopic (exact) mass is 191 g/mol. The van der Waals surface area contributed by atoms with Gasteiger partial charge in [0.15, 0.2) is 0 Å². The first-order chi connectivity index (χ1) is 6.77. The van der Waals surface area contributed by atoms with Gasteiger partial charge in [0, 0.05) is 32.4 Å². The number of aryl methyl sites for hydroxylation is 1. The number of hydrogen-bond donors (Lipinski definition) is 0. The molecule has 1 aliphatic rings. The maximum absolute atomic E-state index is 4.43. The second-order valence-electron chi connectivity index (χ2n) is 3.93. The number of pyridine rings is 1. The van der Waals surface area contributed by atoms with E-state index < -0.39 is 0 Å². The summed E-state index contributed by atoms with van der Waals surface area (Å²) in [6.07, 6.45) is 1.88. The molecule has 0 atom stereocenters. The van der Waals surface area contributed by atoms with Crippen molar-refractivity contribution < 1.29 is 0 Å². The van der Waals surface area contributed by atoms with Gasteiger partial charge in [-0.15, -0.1) is 0 Å². The molecule has 2 heterocycles. The Balaban J connectivity index is 2.12. The first kappa shape index (κ1) is 9.46. The Kier molecular flexibility index (Phi) is 2.68. The van der Waals surface area contributed by atoms with E-state index >= 15 is 0 Å². The zero-order valence-electron chi connectivity index (χ0n) is 8.90. The van der Waals surface area contributed by atoms with E-state index in [1.807, 2.05) is 12.3 Å². The molecule has 3 nitrogen and oxygen atoms in total. The molecule has 0 bridgehead atoms. The van der Waals surface area contributed by atoms with Crippen molar-refractivity contribution in [3.05, 3.63) is 23.9 Å². The summed E-state index contributed by atoms with van der Waals surface area (Å²) in [6, 6.07) is 4.12. The van der Waals surface area contributed by atoms with Crippen LogP contribution in [0.2, 0.25) is 0 Å². The summed E-state index contributed by atoms with van der Waals surface area (Å²) in [5.74, 6) is 1.15. The average Bonchev–Trinajstić information content (AvgIpc) is 2.20. The largest absolute Gasteiger partial charge is 0.354 e. The topological polar surface area (TPSA) is 19.4 Å². The van der Waals surface area contributed by atoms with Gasteiger partial charge < -0.3 is 9.80 Å². The normalized spacial score (nSPS) is 18.6. The van der Waals surface area contributed by atoms with E-state index in [2.05, 4.69) is 34.8 Å². The zero-order chi connectivity index (χ0) is 9.97. The van der Waals surface area contributed by atoms with Crippen LogP contribution >= 0.6 is 0 Å². The zero-order valence-corrected chi connectivity index (χ0v) is 8.90. The van der Waals surface area contributed by atoms with Gasteiger partial charge in [-0.25, -0.2) is 4.98 Å². The number of nitrogens with zero attached hydrogens (tertiary/aromatic N) is 3. The van der Waals surface area contributed by atoms with E-state index in [4.69, 9.17) is 0 Å². The molecule has 2 rings (SSSR count). The van der Waals surface area contributed by atoms with Crippen molar-refractivity contribution in [3.63, 3.8) is 0 Å². The molecular weight excluding hydrogens is 174 g/mol. The Morgan fingerprint density at radius 1 is 1.21 bits per heavy atom. The Labute approximate surface area is 85.4 Å². The number of aromatic nitrogens is 1. The van der Waals surface area contributed by atoms with Crippen LogP contribution in [0.15, 0.2) is 18.3 Å². The van der Waals surface area contributed by atoms with Gasteiger partial charge in [-0.2, -0.15) is 0 Å². The number of rotatable bonds is 1. The van der Waals surface area contributed by atoms with Crippen molar-refractivity contribution in [2.24, 2.45) is 0 Å². The molecule has 0 amide bonds. The molecule has 0 spiro atoms. The lowest BCUT2D eigenvalue weighted by molar-refractivity contribution is 0.312. The summed E-state index contributed by atoms with van der Waals surface area (Å²) in [6.45, 7) is 6.58. The van der Waals surface area contributed by atoms with Crippen LogP contribution in [0.3, 0.4) is 0 Å². The number of likely N-dealkylation sites (N-methyl/N-ethyl adjacent to an activating group) is 1. The Morgan fingerprint density at radius 2 is 1.93 bits per heavy atom. The average molecular weight is 191 g/mol. The van der Waals surface area contributed by atoms with E-state index in [0.29, 0.717) is 0 Å². The molecule has 0 radical (unpaired) electrons. The third-order valence-corrected chi connectivity index (χ3v) is 2.78. The van der Waals surface area contributed by atoms with Crippen LogP contribution < -0.4 is 4.90 Å². The molecule has 1 aromatic heterocycles. The smallest absolute Gasteiger partial charge is 0.131 e. The van der Waals surface area contributed by atoms with E-state index in [0.717, 1.165) is 32.0 Å². The molecule has 0 saturated carbocycles. The fourth-order valence-electron chi connectivity index (χ4n) is 1.83. The fraction of sp³-hybridized carbons (Fsp3) is 0.545. The molecule has 1 aliphatic heterocycles. The molecule has 0 aromatic carbocycles. The lowest BCUT2D eigenvalue weighted by atomic mass is 10.2. The molecule has 76 valence electrons. The van der Waals surface area contributed by atoms with E-state index in [-0.39, 0.29) is 0 Å². The Bertz CT molecular complexity index is 303. The highest BCUT2D eigenvalue weighted by Gasteiger charge is 2.15. The first-order valence-corrected chi connectivity index (χ1v) is 5.12. The van der Waals surface area contributed by atoms with Crippen molar-refractivity contribution in [1.29, 1.82) is 0 Å². The van der Waals surface area contributed by atoms with Crippen LogP contribution in [0, 0.1) is 6.92 Å². The van der Waals surface area contributed by atoms with Crippen molar-refractivity contribution in [1.82, 2.24) is 9.88 Å². The molecule has 14 heavy (non-hydrogen) atoms. The van der Waals surface area contributed by atoms with Gasteiger partial charge in [0.05, 0.1) is 0 Å². The van der Waals surface area contributed by atoms with Gasteiger partial charge in [0.2, 0.25) is 0 Å². The first-order valence-electron chi connectivity index (χ1n) is 5.12. The lowest BCUT2D eigenvalue weighted by Crippen LogP contribution is -2.45. The summed E-state index contributed by atoms with van der Waals surface area (Å²) < 4.78 is 0. The van der Waals surface area contributed by atoms with E-state index in [1.165, 1.54) is 5.56 Å². The lowest BCUT2D eigenvalue weighted by Gasteiger charge is -2.33. The van der Waals surface area contributed by atoms with Gasteiger partial charge in [0.25, 0.3) is 0 Å². The summed E-state index contributed by atoms with van der Waals surface area (Å²) in [7, 11) is 2.17. The Morgan fingerprint density at radius 3 is 2.57 bits per heavy atom. The number of hydrogen-bond acceptors (Lipinski definition) is 3. The third-order valence-electron chi connectivity index (χ3n) is 2.78. The standard InChI is InChI=1S/C11H17N3/c1-10-4-3-5-12-11(10)14-8-6-13(2)7-9-14/h3-5H,6-9H2,1-2H3. The minimum absolute atomic E-state index is 1.09. The van der Waals surface area contributed by atoms with Crippen LogP contribution in [0.25, 0.3) is 0 Å². The van der Waals surface area contributed by atoms with Crippen molar-refractivity contribution in [3.8, 4) is 0 Å². The predicted octanol–water partition coefficient (Wildman–Crippen LogP) is 1.14. The second-order valence-corrected chi connectivity index (χ2v) is 3.93. The quantitative estimate of drug-likeness (QED) is 0.663. The van der Waals surface area contributed by atoms with Crippen LogP contribution in [0.5, 0.6) is 0 Å². The van der Waals surface area contributed by atoms with Gasteiger partial charge in [0.1, 0.15) is 5.82 Å². The minimum Gasteiger partial charge on any atom is -0.354 e. The van der Waals surface area contributed by atoms with Crippen molar-refractivity contribution in [2.75, 3.05) is 38.1 Å². The summed E-state index contributed by atoms with van der Waals surface area (Å²) in [5, 5.41) is 0. The fourth-order valence-corrected chi connectivity index (χ4v) is 1.83. The molecule has 0 N–H and O–H groups in total. The molecule has 3 heteroatoms. The molecular formula is C11H17N3. The second kappa shape index (κ2) is 3.96. The molecule has 1 fully saturated rings. The maximum atomic E-state index is 4.43. The highest BCUT2D eigenvalue weighted by molar-refractivity contribution is 5.46. The maximum Gasteiger partial charge on any atom is 0.131 e. The molecule has 1 saturated heterocycles. The van der Waals surface area contributed by atoms with Gasteiger partial charge in [-0.1, -0.05) is 6.07 Å². The summed E-state index contributed by atoms with van der Waals surface area (Å²) >= 11 is 0. The molecule has 1 aromatic rings. The van der Waals surface area contributed by atoms with Crippen LogP contribution in [0.4, 0.5) is 5.82 Å². The van der Waals surface area contributed by atoms with Crippen molar-refractivity contribution >= 4 is 5.82 Å². The minimum atomic E-state index is 1.09. The SMILES string of the molecule is Cc1cccnc1N1CCN(C)CC1. The summed E-state index contributed by atoms with van der Waals surface area (Å²) in [4.78, 5) is 9.16. The number of anilines is 1. The van der Waals surface area contributed by atoms with E-state index in [9.17, 15) is 0 Å². The molecule has 0 aliphatic carbocycles. The third kappa shape index (κ3) is 1.87. The van der Waals surface area contributed by atoms with Crippen LogP contribution in [-0.2, 0) is 0 Å². The van der Waals surface area contributed by atoms with Crippen LogP contribution in [-0.4, -0.2) is 43.1 Å². The Hall–Kier alpha value is -1.09. The van der Waals surface area contributed by atoms with Crippen LogP contribution in [0.1, 0.15) is 5.56 Å². The summed E-state index contributed by atoms with van der Waals surface area (Å²) in [5.41, 5.74) is 1.28. The highest BCUT2D eigenvalue weighted by Crippen LogP contribution is 2.16. The van der Waals surface area contributed by atoms with Gasteiger partial charge in [-0.3, -0.25) is 0 Å². The number of piperazine rings is 1. The predicted molar refractivity (Wildman–Crippen MR) is 58.7 cm³/mol. The van der Waals surface area contributed by atoms with Gasteiger partial charge in [-0.05, 0) is 25.6 Å². The van der Waals surface area contributed by atoms with Crippen molar-refractivity contribution in [2.45, 2.75) is 6.92 Å². The van der Waals surface area contributed by atoms with Gasteiger partial charge >= 0.3 is 0 Å². The molecule has 0 unspecified atom stereocenters. The highest BCUT2D eigenvalue weighted by atomic mass is 15.3. The van der Waals surface area contributed by atoms with E-state index in [1.54, 1.807) is 0 Å².